The Labute approximate surface area is 109 Å². The molecule has 1 saturated heterocycles. The topological polar surface area (TPSA) is 72.6 Å². The van der Waals surface area contributed by atoms with Crippen LogP contribution in [0.3, 0.4) is 0 Å². The van der Waals surface area contributed by atoms with Crippen LogP contribution in [0.2, 0.25) is 0 Å². The van der Waals surface area contributed by atoms with Crippen molar-refractivity contribution in [3.63, 3.8) is 0 Å². The molecule has 5 nitrogen and oxygen atoms in total. The first-order valence-corrected chi connectivity index (χ1v) is 7.46. The molecule has 0 atom stereocenters. The molecule has 1 heterocycles. The summed E-state index contributed by atoms with van der Waals surface area (Å²) in [6.07, 6.45) is 1.69. The Kier molecular flexibility index (Phi) is 3.72. The van der Waals surface area contributed by atoms with Crippen molar-refractivity contribution in [2.24, 2.45) is 0 Å². The van der Waals surface area contributed by atoms with Gasteiger partial charge >= 0.3 is 0 Å². The van der Waals surface area contributed by atoms with Gasteiger partial charge in [0.1, 0.15) is 0 Å². The molecule has 1 aliphatic rings. The van der Waals surface area contributed by atoms with Crippen LogP contribution in [0, 0.1) is 0 Å². The Bertz CT molecular complexity index is 512. The van der Waals surface area contributed by atoms with Crippen molar-refractivity contribution in [1.29, 1.82) is 0 Å². The fraction of sp³-hybridized carbons (Fsp3) is 0.400. The molecule has 0 spiro atoms. The second-order valence-corrected chi connectivity index (χ2v) is 6.44. The van der Waals surface area contributed by atoms with Gasteiger partial charge in [-0.15, -0.1) is 0 Å². The average Bonchev–Trinajstić information content (AvgIpc) is 2.33. The zero-order valence-corrected chi connectivity index (χ0v) is 11.5. The van der Waals surface area contributed by atoms with Crippen molar-refractivity contribution in [3.8, 4) is 0 Å². The third-order valence-corrected chi connectivity index (χ3v) is 4.90. The van der Waals surface area contributed by atoms with Crippen LogP contribution in [0.1, 0.15) is 12.8 Å². The highest BCUT2D eigenvalue weighted by Crippen LogP contribution is 2.26. The van der Waals surface area contributed by atoms with Crippen LogP contribution < -0.4 is 5.73 Å². The van der Waals surface area contributed by atoms with Crippen LogP contribution in [0.5, 0.6) is 0 Å². The van der Waals surface area contributed by atoms with E-state index < -0.39 is 10.0 Å². The number of nitrogen functional groups attached to an aromatic ring is 1. The smallest absolute Gasteiger partial charge is 0.265 e. The third-order valence-electron chi connectivity index (χ3n) is 2.50. The van der Waals surface area contributed by atoms with Gasteiger partial charge in [0.15, 0.2) is 0 Å². The molecule has 2 N–H and O–H groups in total. The molecule has 0 aliphatic carbocycles. The van der Waals surface area contributed by atoms with Crippen molar-refractivity contribution in [2.45, 2.75) is 17.7 Å². The Morgan fingerprint density at radius 1 is 1.35 bits per heavy atom. The maximum Gasteiger partial charge on any atom is 0.265 e. The molecule has 17 heavy (non-hydrogen) atoms. The molecule has 0 saturated carbocycles. The van der Waals surface area contributed by atoms with Gasteiger partial charge in [-0.05, 0) is 47.0 Å². The van der Waals surface area contributed by atoms with Gasteiger partial charge < -0.3 is 5.73 Å². The van der Waals surface area contributed by atoms with E-state index in [1.54, 1.807) is 6.07 Å². The molecule has 94 valence electrons. The number of benzene rings is 1. The number of rotatable bonds is 2. The van der Waals surface area contributed by atoms with Gasteiger partial charge in [-0.1, -0.05) is 4.47 Å². The molecule has 2 rings (SSSR count). The van der Waals surface area contributed by atoms with E-state index >= 15 is 0 Å². The SMILES string of the molecule is Nc1cc(S(=O)(=O)N2CCCCO2)ccc1Br. The minimum atomic E-state index is -3.59. The lowest BCUT2D eigenvalue weighted by molar-refractivity contribution is -0.108. The summed E-state index contributed by atoms with van der Waals surface area (Å²) in [6.45, 7) is 0.823. The molecule has 1 fully saturated rings. The largest absolute Gasteiger partial charge is 0.398 e. The van der Waals surface area contributed by atoms with E-state index in [-0.39, 0.29) is 4.90 Å². The molecule has 1 aromatic carbocycles. The van der Waals surface area contributed by atoms with E-state index in [0.29, 0.717) is 23.3 Å². The van der Waals surface area contributed by atoms with E-state index in [1.807, 2.05) is 0 Å². The van der Waals surface area contributed by atoms with Gasteiger partial charge in [0, 0.05) is 16.7 Å². The average molecular weight is 321 g/mol. The van der Waals surface area contributed by atoms with Crippen molar-refractivity contribution in [1.82, 2.24) is 4.47 Å². The normalized spacial score (nSPS) is 18.2. The maximum absolute atomic E-state index is 12.2. The summed E-state index contributed by atoms with van der Waals surface area (Å²) in [4.78, 5) is 5.31. The van der Waals surface area contributed by atoms with Gasteiger partial charge in [-0.25, -0.2) is 8.42 Å². The highest BCUT2D eigenvalue weighted by molar-refractivity contribution is 9.10. The Morgan fingerprint density at radius 3 is 2.71 bits per heavy atom. The predicted molar refractivity (Wildman–Crippen MR) is 67.6 cm³/mol. The van der Waals surface area contributed by atoms with E-state index in [1.165, 1.54) is 12.1 Å². The molecular formula is C10H13BrN2O3S. The predicted octanol–water partition coefficient (Wildman–Crippen LogP) is 1.75. The Morgan fingerprint density at radius 2 is 2.12 bits per heavy atom. The summed E-state index contributed by atoms with van der Waals surface area (Å²) >= 11 is 3.23. The molecule has 7 heteroatoms. The number of nitrogens with zero attached hydrogens (tertiary/aromatic N) is 1. The van der Waals surface area contributed by atoms with Crippen molar-refractivity contribution in [2.75, 3.05) is 18.9 Å². The lowest BCUT2D eigenvalue weighted by atomic mass is 10.3. The first kappa shape index (κ1) is 12.8. The van der Waals surface area contributed by atoms with Gasteiger partial charge in [0.25, 0.3) is 10.0 Å². The van der Waals surface area contributed by atoms with Crippen LogP contribution in [0.25, 0.3) is 0 Å². The monoisotopic (exact) mass is 320 g/mol. The number of hydrogen-bond acceptors (Lipinski definition) is 4. The summed E-state index contributed by atoms with van der Waals surface area (Å²) in [5.41, 5.74) is 6.07. The maximum atomic E-state index is 12.2. The minimum Gasteiger partial charge on any atom is -0.398 e. The van der Waals surface area contributed by atoms with Crippen LogP contribution in [-0.2, 0) is 14.9 Å². The standard InChI is InChI=1S/C10H13BrN2O3S/c11-9-4-3-8(7-10(9)12)17(14,15)13-5-1-2-6-16-13/h3-4,7H,1-2,5-6,12H2. The molecule has 0 radical (unpaired) electrons. The Hall–Kier alpha value is -0.630. The lowest BCUT2D eigenvalue weighted by Gasteiger charge is -2.25. The number of hydroxylamine groups is 1. The summed E-state index contributed by atoms with van der Waals surface area (Å²) in [5.74, 6) is 0. The highest BCUT2D eigenvalue weighted by Gasteiger charge is 2.27. The van der Waals surface area contributed by atoms with Crippen LogP contribution in [0.15, 0.2) is 27.6 Å². The lowest BCUT2D eigenvalue weighted by Crippen LogP contribution is -2.35. The van der Waals surface area contributed by atoms with Crippen molar-refractivity contribution < 1.29 is 13.3 Å². The van der Waals surface area contributed by atoms with Gasteiger partial charge in [0.2, 0.25) is 0 Å². The van der Waals surface area contributed by atoms with E-state index in [0.717, 1.165) is 17.3 Å². The first-order valence-electron chi connectivity index (χ1n) is 5.22. The molecule has 1 aliphatic heterocycles. The molecule has 0 aromatic heterocycles. The number of anilines is 1. The van der Waals surface area contributed by atoms with Crippen LogP contribution >= 0.6 is 15.9 Å². The summed E-state index contributed by atoms with van der Waals surface area (Å²) in [7, 11) is -3.59. The van der Waals surface area contributed by atoms with Crippen LogP contribution in [0.4, 0.5) is 5.69 Å². The van der Waals surface area contributed by atoms with Gasteiger partial charge in [-0.3, -0.25) is 4.84 Å². The van der Waals surface area contributed by atoms with Crippen molar-refractivity contribution >= 4 is 31.6 Å². The minimum absolute atomic E-state index is 0.153. The summed E-state index contributed by atoms with van der Waals surface area (Å²) < 4.78 is 26.1. The molecular weight excluding hydrogens is 308 g/mol. The van der Waals surface area contributed by atoms with E-state index in [2.05, 4.69) is 15.9 Å². The number of sulfonamides is 1. The molecule has 0 unspecified atom stereocenters. The van der Waals surface area contributed by atoms with E-state index in [4.69, 9.17) is 10.6 Å². The second-order valence-electron chi connectivity index (χ2n) is 3.76. The van der Waals surface area contributed by atoms with Gasteiger partial charge in [-0.2, -0.15) is 0 Å². The highest BCUT2D eigenvalue weighted by atomic mass is 79.9. The van der Waals surface area contributed by atoms with E-state index in [9.17, 15) is 8.42 Å². The number of halogens is 1. The molecule has 1 aromatic rings. The zero-order chi connectivity index (χ0) is 12.5. The quantitative estimate of drug-likeness (QED) is 0.842. The zero-order valence-electron chi connectivity index (χ0n) is 9.10. The number of hydrogen-bond donors (Lipinski definition) is 1. The number of nitrogens with two attached hydrogens (primary N) is 1. The fourth-order valence-electron chi connectivity index (χ4n) is 1.56. The molecule has 0 bridgehead atoms. The summed E-state index contributed by atoms with van der Waals surface area (Å²) in [6, 6.07) is 4.55. The summed E-state index contributed by atoms with van der Waals surface area (Å²) in [5, 5.41) is 0. The van der Waals surface area contributed by atoms with Crippen LogP contribution in [-0.4, -0.2) is 26.0 Å². The molecule has 0 amide bonds. The first-order chi connectivity index (χ1) is 8.01. The third kappa shape index (κ3) is 2.62. The van der Waals surface area contributed by atoms with Crippen molar-refractivity contribution in [3.05, 3.63) is 22.7 Å². The fourth-order valence-corrected chi connectivity index (χ4v) is 3.14. The second kappa shape index (κ2) is 4.93. The van der Waals surface area contributed by atoms with Gasteiger partial charge in [0.05, 0.1) is 11.5 Å². The Balaban J connectivity index is 2.33.